The lowest BCUT2D eigenvalue weighted by Crippen LogP contribution is -2.19. The van der Waals surface area contributed by atoms with Gasteiger partial charge in [-0.1, -0.05) is 19.1 Å². The summed E-state index contributed by atoms with van der Waals surface area (Å²) in [6.07, 6.45) is 0.717. The topological polar surface area (TPSA) is 45.0 Å². The van der Waals surface area contributed by atoms with Gasteiger partial charge < -0.3 is 10.1 Å². The van der Waals surface area contributed by atoms with Crippen molar-refractivity contribution in [1.29, 1.82) is 5.26 Å². The summed E-state index contributed by atoms with van der Waals surface area (Å²) < 4.78 is 5.53. The first-order chi connectivity index (χ1) is 8.58. The molecular formula is C15H22N2O. The molecule has 0 saturated carbocycles. The molecule has 0 aliphatic heterocycles. The van der Waals surface area contributed by atoms with Gasteiger partial charge in [0.05, 0.1) is 0 Å². The predicted octanol–water partition coefficient (Wildman–Crippen LogP) is 3.35. The van der Waals surface area contributed by atoms with Gasteiger partial charge in [-0.3, -0.25) is 0 Å². The molecule has 0 heterocycles. The summed E-state index contributed by atoms with van der Waals surface area (Å²) in [5, 5.41) is 12.2. The Kier molecular flexibility index (Phi) is 5.67. The van der Waals surface area contributed by atoms with Gasteiger partial charge in [0.2, 0.25) is 0 Å². The number of hydrogen-bond donors (Lipinski definition) is 1. The van der Waals surface area contributed by atoms with Crippen LogP contribution < -0.4 is 10.1 Å². The van der Waals surface area contributed by atoms with E-state index in [9.17, 15) is 0 Å². The third-order valence-corrected chi connectivity index (χ3v) is 2.89. The first-order valence-corrected chi connectivity index (χ1v) is 6.48. The first kappa shape index (κ1) is 14.5. The molecule has 2 unspecified atom stereocenters. The Morgan fingerprint density at radius 1 is 1.39 bits per heavy atom. The van der Waals surface area contributed by atoms with E-state index in [4.69, 9.17) is 10.00 Å². The van der Waals surface area contributed by atoms with Crippen LogP contribution in [0.1, 0.15) is 44.4 Å². The normalized spacial score (nSPS) is 13.7. The molecule has 0 fully saturated rings. The van der Waals surface area contributed by atoms with Crippen molar-refractivity contribution in [2.45, 2.75) is 46.3 Å². The number of rotatable bonds is 6. The van der Waals surface area contributed by atoms with Gasteiger partial charge in [-0.2, -0.15) is 5.26 Å². The Bertz CT molecular complexity index is 423. The fourth-order valence-corrected chi connectivity index (χ4v) is 1.77. The molecule has 0 bridgehead atoms. The van der Waals surface area contributed by atoms with E-state index in [1.165, 1.54) is 5.56 Å². The smallest absolute Gasteiger partial charge is 0.181 e. The van der Waals surface area contributed by atoms with E-state index >= 15 is 0 Å². The van der Waals surface area contributed by atoms with Crippen LogP contribution in [0.3, 0.4) is 0 Å². The number of nitrogens with one attached hydrogen (secondary N) is 1. The summed E-state index contributed by atoms with van der Waals surface area (Å²) in [7, 11) is 0. The van der Waals surface area contributed by atoms with Crippen LogP contribution >= 0.6 is 0 Å². The maximum absolute atomic E-state index is 8.74. The average Bonchev–Trinajstić information content (AvgIpc) is 2.38. The van der Waals surface area contributed by atoms with Gasteiger partial charge in [-0.05, 0) is 50.9 Å². The van der Waals surface area contributed by atoms with Crippen molar-refractivity contribution in [2.75, 3.05) is 6.54 Å². The molecule has 18 heavy (non-hydrogen) atoms. The average molecular weight is 246 g/mol. The Morgan fingerprint density at radius 3 is 2.67 bits per heavy atom. The highest BCUT2D eigenvalue weighted by atomic mass is 16.5. The van der Waals surface area contributed by atoms with Crippen molar-refractivity contribution in [2.24, 2.45) is 0 Å². The maximum atomic E-state index is 8.74. The van der Waals surface area contributed by atoms with Gasteiger partial charge >= 0.3 is 0 Å². The van der Waals surface area contributed by atoms with Crippen molar-refractivity contribution in [3.8, 4) is 11.8 Å². The number of ether oxygens (including phenoxy) is 1. The van der Waals surface area contributed by atoms with Crippen molar-refractivity contribution < 1.29 is 4.74 Å². The van der Waals surface area contributed by atoms with Gasteiger partial charge in [0.1, 0.15) is 11.8 Å². The molecule has 3 heteroatoms. The van der Waals surface area contributed by atoms with Gasteiger partial charge in [-0.25, -0.2) is 0 Å². The predicted molar refractivity (Wildman–Crippen MR) is 73.6 cm³/mol. The minimum absolute atomic E-state index is 0.339. The molecule has 0 aliphatic rings. The Labute approximate surface area is 110 Å². The van der Waals surface area contributed by atoms with Crippen LogP contribution in [0.5, 0.6) is 5.75 Å². The first-order valence-electron chi connectivity index (χ1n) is 6.48. The van der Waals surface area contributed by atoms with Crippen molar-refractivity contribution >= 4 is 0 Å². The van der Waals surface area contributed by atoms with Crippen LogP contribution in [0, 0.1) is 18.3 Å². The van der Waals surface area contributed by atoms with Gasteiger partial charge in [-0.15, -0.1) is 0 Å². The molecule has 1 N–H and O–H groups in total. The highest BCUT2D eigenvalue weighted by Gasteiger charge is 2.09. The summed E-state index contributed by atoms with van der Waals surface area (Å²) in [5.41, 5.74) is 2.32. The Hall–Kier alpha value is -1.53. The van der Waals surface area contributed by atoms with Crippen LogP contribution in [0.2, 0.25) is 0 Å². The molecule has 0 aliphatic carbocycles. The summed E-state index contributed by atoms with van der Waals surface area (Å²) >= 11 is 0. The molecule has 1 aromatic carbocycles. The summed E-state index contributed by atoms with van der Waals surface area (Å²) in [6, 6.07) is 8.53. The summed E-state index contributed by atoms with van der Waals surface area (Å²) in [6.45, 7) is 9.09. The number of benzene rings is 1. The SMILES string of the molecule is CCCNC(C)c1ccc(OC(C)C#N)c(C)c1. The minimum atomic E-state index is -0.412. The quantitative estimate of drug-likeness (QED) is 0.837. The molecule has 0 spiro atoms. The van der Waals surface area contributed by atoms with Crippen LogP contribution in [0.25, 0.3) is 0 Å². The van der Waals surface area contributed by atoms with E-state index in [1.807, 2.05) is 13.0 Å². The van der Waals surface area contributed by atoms with Gasteiger partial charge in [0.25, 0.3) is 0 Å². The number of nitrogens with zero attached hydrogens (tertiary/aromatic N) is 1. The largest absolute Gasteiger partial charge is 0.476 e. The fraction of sp³-hybridized carbons (Fsp3) is 0.533. The van der Waals surface area contributed by atoms with E-state index in [0.717, 1.165) is 24.3 Å². The molecule has 1 rings (SSSR count). The standard InChI is InChI=1S/C15H22N2O/c1-5-8-17-13(4)14-6-7-15(11(2)9-14)18-12(3)10-16/h6-7,9,12-13,17H,5,8H2,1-4H3. The van der Waals surface area contributed by atoms with Crippen LogP contribution in [-0.4, -0.2) is 12.6 Å². The zero-order valence-corrected chi connectivity index (χ0v) is 11.7. The molecule has 0 amide bonds. The third-order valence-electron chi connectivity index (χ3n) is 2.89. The van der Waals surface area contributed by atoms with E-state index in [1.54, 1.807) is 6.92 Å². The van der Waals surface area contributed by atoms with E-state index < -0.39 is 6.10 Å². The molecule has 0 radical (unpaired) electrons. The van der Waals surface area contributed by atoms with Crippen LogP contribution in [-0.2, 0) is 0 Å². The fourth-order valence-electron chi connectivity index (χ4n) is 1.77. The lowest BCUT2D eigenvalue weighted by Gasteiger charge is -2.16. The van der Waals surface area contributed by atoms with Crippen molar-refractivity contribution in [1.82, 2.24) is 5.32 Å². The second-order valence-corrected chi connectivity index (χ2v) is 4.59. The highest BCUT2D eigenvalue weighted by Crippen LogP contribution is 2.23. The molecule has 1 aromatic rings. The Morgan fingerprint density at radius 2 is 2.11 bits per heavy atom. The zero-order valence-electron chi connectivity index (χ0n) is 11.7. The van der Waals surface area contributed by atoms with Gasteiger partial charge in [0, 0.05) is 6.04 Å². The lowest BCUT2D eigenvalue weighted by atomic mass is 10.0. The second-order valence-electron chi connectivity index (χ2n) is 4.59. The van der Waals surface area contributed by atoms with E-state index in [0.29, 0.717) is 6.04 Å². The highest BCUT2D eigenvalue weighted by molar-refractivity contribution is 5.37. The third kappa shape index (κ3) is 4.05. The Balaban J connectivity index is 2.76. The summed E-state index contributed by atoms with van der Waals surface area (Å²) in [4.78, 5) is 0. The number of nitriles is 1. The van der Waals surface area contributed by atoms with Crippen LogP contribution in [0.15, 0.2) is 18.2 Å². The number of hydrogen-bond acceptors (Lipinski definition) is 3. The van der Waals surface area contributed by atoms with E-state index in [-0.39, 0.29) is 0 Å². The monoisotopic (exact) mass is 246 g/mol. The maximum Gasteiger partial charge on any atom is 0.181 e. The van der Waals surface area contributed by atoms with Crippen molar-refractivity contribution in [3.63, 3.8) is 0 Å². The number of aryl methyl sites for hydroxylation is 1. The van der Waals surface area contributed by atoms with Crippen molar-refractivity contribution in [3.05, 3.63) is 29.3 Å². The second kappa shape index (κ2) is 7.03. The minimum Gasteiger partial charge on any atom is -0.476 e. The molecular weight excluding hydrogens is 224 g/mol. The molecule has 2 atom stereocenters. The van der Waals surface area contributed by atoms with E-state index in [2.05, 4.69) is 37.4 Å². The van der Waals surface area contributed by atoms with Crippen LogP contribution in [0.4, 0.5) is 0 Å². The summed E-state index contributed by atoms with van der Waals surface area (Å²) in [5.74, 6) is 0.787. The lowest BCUT2D eigenvalue weighted by molar-refractivity contribution is 0.274. The molecule has 0 aromatic heterocycles. The molecule has 0 saturated heterocycles. The van der Waals surface area contributed by atoms with Gasteiger partial charge in [0.15, 0.2) is 6.10 Å². The zero-order chi connectivity index (χ0) is 13.5. The molecule has 98 valence electrons. The molecule has 3 nitrogen and oxygen atoms in total.